The van der Waals surface area contributed by atoms with Crippen LogP contribution in [0.5, 0.6) is 5.75 Å². The fourth-order valence-corrected chi connectivity index (χ4v) is 2.13. The van der Waals surface area contributed by atoms with Crippen LogP contribution in [0.4, 0.5) is 0 Å². The van der Waals surface area contributed by atoms with Crippen LogP contribution in [0.25, 0.3) is 0 Å². The van der Waals surface area contributed by atoms with Gasteiger partial charge >= 0.3 is 0 Å². The lowest BCUT2D eigenvalue weighted by atomic mass is 10.1. The van der Waals surface area contributed by atoms with Gasteiger partial charge in [-0.05, 0) is 23.8 Å². The largest absolute Gasteiger partial charge is 0.489 e. The highest BCUT2D eigenvalue weighted by atomic mass is 35.5. The number of nitrogens with zero attached hydrogens (tertiary/aromatic N) is 1. The number of halogens is 2. The zero-order valence-corrected chi connectivity index (χ0v) is 12.4. The van der Waals surface area contributed by atoms with E-state index in [2.05, 4.69) is 9.99 Å². The minimum atomic E-state index is 0.290. The highest BCUT2D eigenvalue weighted by molar-refractivity contribution is 6.69. The number of hydrogen-bond donors (Lipinski definition) is 0. The molecule has 0 radical (unpaired) electrons. The van der Waals surface area contributed by atoms with Crippen molar-refractivity contribution in [1.82, 2.24) is 0 Å². The van der Waals surface area contributed by atoms with Crippen LogP contribution in [0.1, 0.15) is 11.1 Å². The molecule has 0 N–H and O–H groups in total. The van der Waals surface area contributed by atoms with Crippen LogP contribution in [-0.2, 0) is 11.4 Å². The fraction of sp³-hybridized carbons (Fsp3) is 0.133. The second kappa shape index (κ2) is 7.17. The Bertz CT molecular complexity index is 614. The van der Waals surface area contributed by atoms with Crippen molar-refractivity contribution in [2.45, 2.75) is 6.61 Å². The maximum Gasteiger partial charge on any atom is 0.175 e. The molecule has 5 heteroatoms. The second-order valence-electron chi connectivity index (χ2n) is 3.97. The van der Waals surface area contributed by atoms with E-state index < -0.39 is 0 Å². The molecule has 0 spiro atoms. The summed E-state index contributed by atoms with van der Waals surface area (Å²) in [6.45, 7) is 0.367. The molecule has 3 nitrogen and oxygen atoms in total. The van der Waals surface area contributed by atoms with Crippen LogP contribution in [0.15, 0.2) is 53.7 Å². The van der Waals surface area contributed by atoms with Gasteiger partial charge in [-0.3, -0.25) is 0 Å². The molecule has 0 unspecified atom stereocenters. The highest BCUT2D eigenvalue weighted by Crippen LogP contribution is 2.20. The molecule has 0 saturated carbocycles. The highest BCUT2D eigenvalue weighted by Gasteiger charge is 2.08. The molecule has 0 aliphatic carbocycles. The molecule has 0 atom stereocenters. The quantitative estimate of drug-likeness (QED) is 0.603. The summed E-state index contributed by atoms with van der Waals surface area (Å²) in [4.78, 5) is 4.69. The predicted molar refractivity (Wildman–Crippen MR) is 81.6 cm³/mol. The van der Waals surface area contributed by atoms with Gasteiger partial charge in [0.15, 0.2) is 5.17 Å². The molecular weight excluding hydrogens is 297 g/mol. The molecular formula is C15H13Cl2NO2. The second-order valence-corrected chi connectivity index (χ2v) is 4.76. The summed E-state index contributed by atoms with van der Waals surface area (Å²) in [5.41, 5.74) is 1.69. The zero-order valence-electron chi connectivity index (χ0n) is 10.8. The van der Waals surface area contributed by atoms with Gasteiger partial charge in [-0.25, -0.2) is 0 Å². The minimum Gasteiger partial charge on any atom is -0.489 e. The Morgan fingerprint density at radius 2 is 1.95 bits per heavy atom. The van der Waals surface area contributed by atoms with Crippen LogP contribution in [0.2, 0.25) is 5.02 Å². The first-order valence-corrected chi connectivity index (χ1v) is 6.69. The van der Waals surface area contributed by atoms with Crippen molar-refractivity contribution in [3.63, 3.8) is 0 Å². The average Bonchev–Trinajstić information content (AvgIpc) is 2.46. The Morgan fingerprint density at radius 3 is 2.70 bits per heavy atom. The first kappa shape index (κ1) is 14.7. The molecule has 0 aliphatic rings. The van der Waals surface area contributed by atoms with Crippen LogP contribution in [-0.4, -0.2) is 12.3 Å². The summed E-state index contributed by atoms with van der Waals surface area (Å²) in [5.74, 6) is 0.701. The van der Waals surface area contributed by atoms with Crippen molar-refractivity contribution < 1.29 is 9.57 Å². The number of hydrogen-bond acceptors (Lipinski definition) is 3. The van der Waals surface area contributed by atoms with Crippen molar-refractivity contribution in [2.75, 3.05) is 7.11 Å². The zero-order chi connectivity index (χ0) is 14.4. The number of ether oxygens (including phenoxy) is 1. The third-order valence-electron chi connectivity index (χ3n) is 2.60. The van der Waals surface area contributed by atoms with E-state index in [0.717, 1.165) is 11.1 Å². The van der Waals surface area contributed by atoms with E-state index in [1.165, 1.54) is 7.11 Å². The van der Waals surface area contributed by atoms with Gasteiger partial charge in [-0.1, -0.05) is 58.7 Å². The lowest BCUT2D eigenvalue weighted by Crippen LogP contribution is -2.03. The lowest BCUT2D eigenvalue weighted by molar-refractivity contribution is 0.214. The van der Waals surface area contributed by atoms with Gasteiger partial charge in [-0.15, -0.1) is 0 Å². The van der Waals surface area contributed by atoms with Gasteiger partial charge < -0.3 is 9.57 Å². The van der Waals surface area contributed by atoms with E-state index in [1.807, 2.05) is 36.4 Å². The van der Waals surface area contributed by atoms with E-state index in [9.17, 15) is 0 Å². The third kappa shape index (κ3) is 3.89. The van der Waals surface area contributed by atoms with Crippen molar-refractivity contribution >= 4 is 28.4 Å². The van der Waals surface area contributed by atoms with Gasteiger partial charge in [0.25, 0.3) is 0 Å². The van der Waals surface area contributed by atoms with E-state index >= 15 is 0 Å². The van der Waals surface area contributed by atoms with E-state index in [-0.39, 0.29) is 5.17 Å². The molecule has 0 bridgehead atoms. The maximum atomic E-state index is 6.07. The van der Waals surface area contributed by atoms with E-state index in [1.54, 1.807) is 12.1 Å². The third-order valence-corrected chi connectivity index (χ3v) is 3.11. The molecule has 2 rings (SSSR count). The Hall–Kier alpha value is -1.71. The van der Waals surface area contributed by atoms with Crippen LogP contribution >= 0.6 is 23.2 Å². The van der Waals surface area contributed by atoms with Gasteiger partial charge in [0, 0.05) is 10.6 Å². The molecule has 104 valence electrons. The molecule has 0 heterocycles. The van der Waals surface area contributed by atoms with E-state index in [0.29, 0.717) is 17.4 Å². The maximum absolute atomic E-state index is 6.07. The molecule has 0 saturated heterocycles. The van der Waals surface area contributed by atoms with Crippen molar-refractivity contribution in [3.8, 4) is 5.75 Å². The summed E-state index contributed by atoms with van der Waals surface area (Å²) in [5, 5.41) is 4.65. The Balaban J connectivity index is 2.16. The normalized spacial score (nSPS) is 11.2. The van der Waals surface area contributed by atoms with Crippen molar-refractivity contribution in [3.05, 3.63) is 64.7 Å². The molecule has 2 aromatic rings. The van der Waals surface area contributed by atoms with Crippen LogP contribution in [0, 0.1) is 0 Å². The summed E-state index contributed by atoms with van der Waals surface area (Å²) < 4.78 is 5.70. The Labute approximate surface area is 127 Å². The minimum absolute atomic E-state index is 0.290. The first-order chi connectivity index (χ1) is 9.70. The molecule has 20 heavy (non-hydrogen) atoms. The lowest BCUT2D eigenvalue weighted by Gasteiger charge is -2.10. The predicted octanol–water partition coefficient (Wildman–Crippen LogP) is 4.47. The Morgan fingerprint density at radius 1 is 1.15 bits per heavy atom. The van der Waals surface area contributed by atoms with Crippen molar-refractivity contribution in [2.24, 2.45) is 5.16 Å². The summed E-state index contributed by atoms with van der Waals surface area (Å²) in [6.07, 6.45) is 0. The Kier molecular flexibility index (Phi) is 5.27. The molecule has 0 fully saturated rings. The topological polar surface area (TPSA) is 30.8 Å². The summed E-state index contributed by atoms with van der Waals surface area (Å²) in [7, 11) is 1.45. The molecule has 2 aromatic carbocycles. The van der Waals surface area contributed by atoms with Gasteiger partial charge in [-0.2, -0.15) is 0 Å². The van der Waals surface area contributed by atoms with Gasteiger partial charge in [0.1, 0.15) is 19.5 Å². The number of oxime groups is 1. The smallest absolute Gasteiger partial charge is 0.175 e. The van der Waals surface area contributed by atoms with E-state index in [4.69, 9.17) is 27.9 Å². The van der Waals surface area contributed by atoms with Gasteiger partial charge in [0.2, 0.25) is 0 Å². The monoisotopic (exact) mass is 309 g/mol. The molecule has 0 amide bonds. The number of rotatable bonds is 5. The van der Waals surface area contributed by atoms with Crippen LogP contribution in [0.3, 0.4) is 0 Å². The SMILES string of the molecule is CON=C(Cl)c1ccccc1COc1cccc(Cl)c1. The molecule has 0 aromatic heterocycles. The molecule has 0 aliphatic heterocycles. The van der Waals surface area contributed by atoms with Crippen LogP contribution < -0.4 is 4.74 Å². The average molecular weight is 310 g/mol. The summed E-state index contributed by atoms with van der Waals surface area (Å²) in [6, 6.07) is 14.8. The summed E-state index contributed by atoms with van der Waals surface area (Å²) >= 11 is 12.0. The van der Waals surface area contributed by atoms with Gasteiger partial charge in [0.05, 0.1) is 0 Å². The standard InChI is InChI=1S/C15H13Cl2NO2/c1-19-18-15(17)14-8-3-2-5-11(14)10-20-13-7-4-6-12(16)9-13/h2-9H,10H2,1H3. The first-order valence-electron chi connectivity index (χ1n) is 5.94. The fourth-order valence-electron chi connectivity index (χ4n) is 1.69. The number of benzene rings is 2. The van der Waals surface area contributed by atoms with Crippen molar-refractivity contribution in [1.29, 1.82) is 0 Å².